The van der Waals surface area contributed by atoms with E-state index in [9.17, 15) is 0 Å². The van der Waals surface area contributed by atoms with E-state index in [0.29, 0.717) is 11.9 Å². The Hall–Kier alpha value is -1.91. The van der Waals surface area contributed by atoms with Crippen molar-refractivity contribution in [3.8, 4) is 11.5 Å². The van der Waals surface area contributed by atoms with Crippen molar-refractivity contribution in [1.82, 2.24) is 5.32 Å². The maximum atomic E-state index is 5.78. The quantitative estimate of drug-likeness (QED) is 0.590. The predicted molar refractivity (Wildman–Crippen MR) is 82.6 cm³/mol. The molecule has 1 rings (SSSR count). The highest BCUT2D eigenvalue weighted by atomic mass is 16.5. The van der Waals surface area contributed by atoms with Crippen LogP contribution in [-0.4, -0.2) is 33.3 Å². The maximum Gasteiger partial charge on any atom is 0.188 e. The van der Waals surface area contributed by atoms with Crippen molar-refractivity contribution in [1.29, 1.82) is 0 Å². The van der Waals surface area contributed by atoms with Gasteiger partial charge in [-0.05, 0) is 30.0 Å². The van der Waals surface area contributed by atoms with Crippen molar-refractivity contribution in [3.63, 3.8) is 0 Å². The molecule has 5 nitrogen and oxygen atoms in total. The molecular formula is C15H25N3O2. The van der Waals surface area contributed by atoms with Crippen LogP contribution in [0.1, 0.15) is 19.4 Å². The first kappa shape index (κ1) is 16.1. The molecule has 0 aromatic heterocycles. The highest BCUT2D eigenvalue weighted by molar-refractivity contribution is 5.77. The van der Waals surface area contributed by atoms with Gasteiger partial charge in [0.05, 0.1) is 14.2 Å². The number of aliphatic imine (C=N–C) groups is 1. The van der Waals surface area contributed by atoms with Gasteiger partial charge in [-0.1, -0.05) is 19.9 Å². The van der Waals surface area contributed by atoms with Crippen LogP contribution in [0.4, 0.5) is 0 Å². The average molecular weight is 279 g/mol. The third-order valence-electron chi connectivity index (χ3n) is 2.79. The molecule has 0 fully saturated rings. The number of ether oxygens (including phenoxy) is 2. The van der Waals surface area contributed by atoms with Gasteiger partial charge in [0.1, 0.15) is 0 Å². The Labute approximate surface area is 121 Å². The summed E-state index contributed by atoms with van der Waals surface area (Å²) in [5.74, 6) is 2.49. The van der Waals surface area contributed by atoms with E-state index in [0.717, 1.165) is 36.6 Å². The minimum absolute atomic E-state index is 0.499. The Bertz CT molecular complexity index is 445. The number of methoxy groups -OCH3 is 2. The third-order valence-corrected chi connectivity index (χ3v) is 2.79. The Balaban J connectivity index is 2.48. The Kier molecular flexibility index (Phi) is 6.70. The zero-order valence-corrected chi connectivity index (χ0v) is 12.8. The molecule has 0 unspecified atom stereocenters. The number of nitrogens with zero attached hydrogens (tertiary/aromatic N) is 1. The summed E-state index contributed by atoms with van der Waals surface area (Å²) in [6, 6.07) is 5.90. The van der Waals surface area contributed by atoms with E-state index in [1.165, 1.54) is 0 Å². The largest absolute Gasteiger partial charge is 0.493 e. The fraction of sp³-hybridized carbons (Fsp3) is 0.533. The van der Waals surface area contributed by atoms with Gasteiger partial charge >= 0.3 is 0 Å². The molecule has 1 aromatic carbocycles. The van der Waals surface area contributed by atoms with Crippen molar-refractivity contribution in [2.24, 2.45) is 16.6 Å². The molecule has 20 heavy (non-hydrogen) atoms. The molecule has 0 saturated heterocycles. The van der Waals surface area contributed by atoms with E-state index < -0.39 is 0 Å². The number of nitrogens with one attached hydrogen (secondary N) is 1. The van der Waals surface area contributed by atoms with Gasteiger partial charge in [-0.15, -0.1) is 0 Å². The molecule has 3 N–H and O–H groups in total. The van der Waals surface area contributed by atoms with E-state index in [1.807, 2.05) is 18.2 Å². The van der Waals surface area contributed by atoms with E-state index in [4.69, 9.17) is 15.2 Å². The summed E-state index contributed by atoms with van der Waals surface area (Å²) in [6.45, 7) is 5.71. The minimum atomic E-state index is 0.499. The van der Waals surface area contributed by atoms with Crippen molar-refractivity contribution in [2.75, 3.05) is 27.3 Å². The van der Waals surface area contributed by atoms with Crippen LogP contribution in [0.25, 0.3) is 0 Å². The topological polar surface area (TPSA) is 68.9 Å². The van der Waals surface area contributed by atoms with Gasteiger partial charge < -0.3 is 20.5 Å². The van der Waals surface area contributed by atoms with Gasteiger partial charge in [-0.2, -0.15) is 0 Å². The summed E-state index contributed by atoms with van der Waals surface area (Å²) >= 11 is 0. The van der Waals surface area contributed by atoms with Crippen molar-refractivity contribution >= 4 is 5.96 Å². The lowest BCUT2D eigenvalue weighted by molar-refractivity contribution is 0.354. The summed E-state index contributed by atoms with van der Waals surface area (Å²) in [4.78, 5) is 4.25. The van der Waals surface area contributed by atoms with Gasteiger partial charge in [0.25, 0.3) is 0 Å². The molecular weight excluding hydrogens is 254 g/mol. The summed E-state index contributed by atoms with van der Waals surface area (Å²) in [7, 11) is 3.27. The second kappa shape index (κ2) is 8.30. The molecule has 0 atom stereocenters. The lowest BCUT2D eigenvalue weighted by atomic mass is 10.1. The zero-order chi connectivity index (χ0) is 15.0. The van der Waals surface area contributed by atoms with Gasteiger partial charge in [0.2, 0.25) is 0 Å². The van der Waals surface area contributed by atoms with Crippen LogP contribution in [0.5, 0.6) is 11.5 Å². The first-order valence-corrected chi connectivity index (χ1v) is 6.81. The summed E-state index contributed by atoms with van der Waals surface area (Å²) in [5.41, 5.74) is 6.94. The lowest BCUT2D eigenvalue weighted by Gasteiger charge is -2.10. The SMILES string of the molecule is COc1ccc(CCNC(N)=NCC(C)C)cc1OC. The van der Waals surface area contributed by atoms with Crippen molar-refractivity contribution in [3.05, 3.63) is 23.8 Å². The molecule has 0 spiro atoms. The highest BCUT2D eigenvalue weighted by Gasteiger charge is 2.04. The number of nitrogens with two attached hydrogens (primary N) is 1. The van der Waals surface area contributed by atoms with Crippen LogP contribution < -0.4 is 20.5 Å². The molecule has 0 amide bonds. The fourth-order valence-electron chi connectivity index (χ4n) is 1.71. The molecule has 5 heteroatoms. The van der Waals surface area contributed by atoms with E-state index in [-0.39, 0.29) is 0 Å². The zero-order valence-electron chi connectivity index (χ0n) is 12.8. The Morgan fingerprint density at radius 3 is 2.55 bits per heavy atom. The summed E-state index contributed by atoms with van der Waals surface area (Å²) in [6.07, 6.45) is 0.845. The lowest BCUT2D eigenvalue weighted by Crippen LogP contribution is -2.33. The second-order valence-electron chi connectivity index (χ2n) is 4.99. The van der Waals surface area contributed by atoms with Crippen LogP contribution in [0.2, 0.25) is 0 Å². The predicted octanol–water partition coefficient (Wildman–Crippen LogP) is 1.81. The van der Waals surface area contributed by atoms with Crippen molar-refractivity contribution < 1.29 is 9.47 Å². The van der Waals surface area contributed by atoms with E-state index >= 15 is 0 Å². The molecule has 0 saturated carbocycles. The molecule has 112 valence electrons. The highest BCUT2D eigenvalue weighted by Crippen LogP contribution is 2.27. The maximum absolute atomic E-state index is 5.78. The second-order valence-corrected chi connectivity index (χ2v) is 4.99. The number of guanidine groups is 1. The van der Waals surface area contributed by atoms with E-state index in [1.54, 1.807) is 14.2 Å². The minimum Gasteiger partial charge on any atom is -0.493 e. The molecule has 0 bridgehead atoms. The normalized spacial score (nSPS) is 11.6. The molecule has 0 heterocycles. The number of hydrogen-bond acceptors (Lipinski definition) is 3. The first-order chi connectivity index (χ1) is 9.56. The van der Waals surface area contributed by atoms with Crippen LogP contribution >= 0.6 is 0 Å². The van der Waals surface area contributed by atoms with Gasteiger partial charge in [-0.25, -0.2) is 0 Å². The van der Waals surface area contributed by atoms with Crippen LogP contribution in [0, 0.1) is 5.92 Å². The molecule has 0 aliphatic carbocycles. The van der Waals surface area contributed by atoms with Crippen LogP contribution in [0.15, 0.2) is 23.2 Å². The van der Waals surface area contributed by atoms with Crippen LogP contribution in [-0.2, 0) is 6.42 Å². The molecule has 0 aliphatic rings. The standard InChI is InChI=1S/C15H25N3O2/c1-11(2)10-18-15(16)17-8-7-12-5-6-13(19-3)14(9-12)20-4/h5-6,9,11H,7-8,10H2,1-4H3,(H3,16,17,18). The molecule has 0 aliphatic heterocycles. The molecule has 1 aromatic rings. The van der Waals surface area contributed by atoms with Gasteiger partial charge in [-0.3, -0.25) is 4.99 Å². The number of benzene rings is 1. The van der Waals surface area contributed by atoms with Gasteiger partial charge in [0.15, 0.2) is 17.5 Å². The fourth-order valence-corrected chi connectivity index (χ4v) is 1.71. The van der Waals surface area contributed by atoms with Crippen molar-refractivity contribution in [2.45, 2.75) is 20.3 Å². The average Bonchev–Trinajstić information content (AvgIpc) is 2.44. The molecule has 0 radical (unpaired) electrons. The van der Waals surface area contributed by atoms with E-state index in [2.05, 4.69) is 24.2 Å². The first-order valence-electron chi connectivity index (χ1n) is 6.81. The summed E-state index contributed by atoms with van der Waals surface area (Å²) in [5, 5.41) is 3.11. The van der Waals surface area contributed by atoms with Gasteiger partial charge in [0, 0.05) is 13.1 Å². The summed E-state index contributed by atoms with van der Waals surface area (Å²) < 4.78 is 10.5. The third kappa shape index (κ3) is 5.38. The number of hydrogen-bond donors (Lipinski definition) is 2. The smallest absolute Gasteiger partial charge is 0.188 e. The Morgan fingerprint density at radius 2 is 1.95 bits per heavy atom. The Morgan fingerprint density at radius 1 is 1.25 bits per heavy atom. The van der Waals surface area contributed by atoms with Crippen LogP contribution in [0.3, 0.4) is 0 Å². The monoisotopic (exact) mass is 279 g/mol. The number of rotatable bonds is 7.